The summed E-state index contributed by atoms with van der Waals surface area (Å²) in [6.45, 7) is 1.80. The summed E-state index contributed by atoms with van der Waals surface area (Å²) in [6, 6.07) is 3.41. The maximum atomic E-state index is 12.8. The maximum Gasteiger partial charge on any atom is 0.259 e. The molecule has 0 aliphatic heterocycles. The number of amides is 1. The van der Waals surface area contributed by atoms with Crippen LogP contribution in [0.25, 0.3) is 11.1 Å². The molecule has 0 bridgehead atoms. The van der Waals surface area contributed by atoms with Gasteiger partial charge in [-0.3, -0.25) is 15.1 Å². The lowest BCUT2D eigenvalue weighted by molar-refractivity contribution is 0.102. The second kappa shape index (κ2) is 8.38. The topological polar surface area (TPSA) is 110 Å². The zero-order valence-corrected chi connectivity index (χ0v) is 16.1. The van der Waals surface area contributed by atoms with Crippen molar-refractivity contribution in [3.05, 3.63) is 45.9 Å². The van der Waals surface area contributed by atoms with E-state index in [0.717, 1.165) is 5.69 Å². The molecule has 0 spiro atoms. The van der Waals surface area contributed by atoms with E-state index < -0.39 is 0 Å². The highest BCUT2D eigenvalue weighted by atomic mass is 35.5. The Morgan fingerprint density at radius 1 is 1.26 bits per heavy atom. The first-order valence-corrected chi connectivity index (χ1v) is 9.12. The lowest BCUT2D eigenvalue weighted by atomic mass is 10.0. The van der Waals surface area contributed by atoms with Gasteiger partial charge in [-0.2, -0.15) is 0 Å². The highest BCUT2D eigenvalue weighted by Gasteiger charge is 2.19. The normalized spacial score (nSPS) is 10.7. The van der Waals surface area contributed by atoms with Crippen molar-refractivity contribution in [3.8, 4) is 16.9 Å². The molecule has 3 heterocycles. The smallest absolute Gasteiger partial charge is 0.259 e. The number of hydrogen-bond acceptors (Lipinski definition) is 8. The molecule has 27 heavy (non-hydrogen) atoms. The van der Waals surface area contributed by atoms with Crippen LogP contribution in [-0.4, -0.2) is 44.9 Å². The Morgan fingerprint density at radius 2 is 2.07 bits per heavy atom. The summed E-state index contributed by atoms with van der Waals surface area (Å²) in [6.07, 6.45) is 3.38. The monoisotopic (exact) mass is 405 g/mol. The van der Waals surface area contributed by atoms with Crippen LogP contribution in [0.2, 0.25) is 5.15 Å². The van der Waals surface area contributed by atoms with Crippen LogP contribution in [-0.2, 0) is 6.42 Å². The molecule has 3 aromatic rings. The summed E-state index contributed by atoms with van der Waals surface area (Å²) in [4.78, 5) is 21.1. The summed E-state index contributed by atoms with van der Waals surface area (Å²) < 4.78 is 5.36. The van der Waals surface area contributed by atoms with Crippen LogP contribution in [0, 0.1) is 6.92 Å². The van der Waals surface area contributed by atoms with Crippen LogP contribution < -0.4 is 10.1 Å². The second-order valence-corrected chi connectivity index (χ2v) is 6.96. The minimum Gasteiger partial charge on any atom is -0.494 e. The van der Waals surface area contributed by atoms with Gasteiger partial charge in [-0.1, -0.05) is 22.9 Å². The molecule has 3 aromatic heterocycles. The fraction of sp³-hybridized carbons (Fsp3) is 0.235. The molecule has 0 saturated heterocycles. The molecular formula is C17H16ClN5O3S. The van der Waals surface area contributed by atoms with Crippen LogP contribution in [0.4, 0.5) is 5.13 Å². The van der Waals surface area contributed by atoms with E-state index >= 15 is 0 Å². The number of methoxy groups -OCH3 is 1. The number of pyridine rings is 2. The highest BCUT2D eigenvalue weighted by Crippen LogP contribution is 2.34. The van der Waals surface area contributed by atoms with Crippen LogP contribution in [0.1, 0.15) is 21.1 Å². The average Bonchev–Trinajstić information content (AvgIpc) is 3.08. The van der Waals surface area contributed by atoms with Gasteiger partial charge in [-0.25, -0.2) is 4.98 Å². The van der Waals surface area contributed by atoms with E-state index in [-0.39, 0.29) is 17.7 Å². The van der Waals surface area contributed by atoms with Gasteiger partial charge in [-0.05, 0) is 19.1 Å². The zero-order chi connectivity index (χ0) is 19.4. The third-order valence-corrected chi connectivity index (χ3v) is 4.75. The molecule has 140 valence electrons. The molecule has 0 saturated carbocycles. The van der Waals surface area contributed by atoms with Crippen molar-refractivity contribution in [2.75, 3.05) is 19.0 Å². The van der Waals surface area contributed by atoms with E-state index in [0.29, 0.717) is 39.0 Å². The lowest BCUT2D eigenvalue weighted by Gasteiger charge is -2.13. The van der Waals surface area contributed by atoms with Crippen molar-refractivity contribution in [2.24, 2.45) is 0 Å². The summed E-state index contributed by atoms with van der Waals surface area (Å²) in [7, 11) is 1.52. The fourth-order valence-electron chi connectivity index (χ4n) is 2.42. The molecule has 3 rings (SSSR count). The number of nitrogens with zero attached hydrogens (tertiary/aromatic N) is 4. The molecule has 1 amide bonds. The number of carbonyl (C=O) groups excluding carboxylic acids is 1. The van der Waals surface area contributed by atoms with Crippen LogP contribution in [0.3, 0.4) is 0 Å². The van der Waals surface area contributed by atoms with Crippen LogP contribution in [0.5, 0.6) is 5.75 Å². The summed E-state index contributed by atoms with van der Waals surface area (Å²) >= 11 is 7.24. The number of halogens is 1. The fourth-order valence-corrected chi connectivity index (χ4v) is 3.30. The van der Waals surface area contributed by atoms with Gasteiger partial charge in [0.15, 0.2) is 0 Å². The third-order valence-electron chi connectivity index (χ3n) is 3.64. The Labute approximate surface area is 164 Å². The van der Waals surface area contributed by atoms with Gasteiger partial charge in [0.1, 0.15) is 15.9 Å². The van der Waals surface area contributed by atoms with Crippen molar-refractivity contribution in [3.63, 3.8) is 0 Å². The molecule has 2 N–H and O–H groups in total. The molecular weight excluding hydrogens is 390 g/mol. The number of aliphatic hydroxyl groups is 1. The maximum absolute atomic E-state index is 12.8. The van der Waals surface area contributed by atoms with Crippen molar-refractivity contribution in [2.45, 2.75) is 13.3 Å². The number of carbonyl (C=O) groups is 1. The number of nitrogens with one attached hydrogen (secondary N) is 1. The number of aryl methyl sites for hydroxylation is 1. The van der Waals surface area contributed by atoms with E-state index in [9.17, 15) is 4.79 Å². The minimum absolute atomic E-state index is 0.0305. The number of aromatic nitrogens is 4. The van der Waals surface area contributed by atoms with E-state index in [4.69, 9.17) is 21.4 Å². The van der Waals surface area contributed by atoms with Gasteiger partial charge in [0.25, 0.3) is 5.91 Å². The standard InChI is InChI=1S/C17H16ClN5O3S/c1-9-5-10(11-6-14(18)20-8-13(11)26-2)12(7-19-9)16(25)21-17-23-22-15(27-17)3-4-24/h5-8,24H,3-4H2,1-2H3,(H,21,23,25). The molecule has 0 radical (unpaired) electrons. The molecule has 10 heteroatoms. The molecule has 0 unspecified atom stereocenters. The van der Waals surface area contributed by atoms with Crippen molar-refractivity contribution < 1.29 is 14.6 Å². The first-order chi connectivity index (χ1) is 13.0. The summed E-state index contributed by atoms with van der Waals surface area (Å²) in [5, 5.41) is 20.8. The Morgan fingerprint density at radius 3 is 2.81 bits per heavy atom. The van der Waals surface area contributed by atoms with Crippen molar-refractivity contribution in [1.82, 2.24) is 20.2 Å². The van der Waals surface area contributed by atoms with Gasteiger partial charge < -0.3 is 9.84 Å². The van der Waals surface area contributed by atoms with Crippen LogP contribution >= 0.6 is 22.9 Å². The number of rotatable bonds is 6. The first kappa shape index (κ1) is 19.2. The Hall–Kier alpha value is -2.62. The van der Waals surface area contributed by atoms with Gasteiger partial charge in [0.2, 0.25) is 5.13 Å². The summed E-state index contributed by atoms with van der Waals surface area (Å²) in [5.74, 6) is 0.0967. The third kappa shape index (κ3) is 4.38. The molecule has 0 atom stereocenters. The number of anilines is 1. The first-order valence-electron chi connectivity index (χ1n) is 7.93. The Bertz CT molecular complexity index is 979. The van der Waals surface area contributed by atoms with Gasteiger partial charge >= 0.3 is 0 Å². The molecule has 0 aliphatic carbocycles. The Kier molecular flexibility index (Phi) is 5.94. The van der Waals surface area contributed by atoms with E-state index in [1.165, 1.54) is 30.8 Å². The number of ether oxygens (including phenoxy) is 1. The number of hydrogen-bond donors (Lipinski definition) is 2. The van der Waals surface area contributed by atoms with Gasteiger partial charge in [0.05, 0.1) is 18.9 Å². The molecule has 0 aromatic carbocycles. The largest absolute Gasteiger partial charge is 0.494 e. The van der Waals surface area contributed by atoms with E-state index in [1.807, 2.05) is 6.92 Å². The van der Waals surface area contributed by atoms with Gasteiger partial charge in [-0.15, -0.1) is 10.2 Å². The lowest BCUT2D eigenvalue weighted by Crippen LogP contribution is -2.14. The molecule has 8 nitrogen and oxygen atoms in total. The predicted molar refractivity (Wildman–Crippen MR) is 102 cm³/mol. The van der Waals surface area contributed by atoms with Crippen molar-refractivity contribution >= 4 is 34.0 Å². The summed E-state index contributed by atoms with van der Waals surface area (Å²) in [5.41, 5.74) is 2.31. The van der Waals surface area contributed by atoms with E-state index in [2.05, 4.69) is 25.5 Å². The van der Waals surface area contributed by atoms with E-state index in [1.54, 1.807) is 12.1 Å². The quantitative estimate of drug-likeness (QED) is 0.606. The average molecular weight is 406 g/mol. The SMILES string of the molecule is COc1cnc(Cl)cc1-c1cc(C)ncc1C(=O)Nc1nnc(CCO)s1. The Balaban J connectivity index is 1.99. The molecule has 0 fully saturated rings. The number of aliphatic hydroxyl groups excluding tert-OH is 1. The van der Waals surface area contributed by atoms with Gasteiger partial charge in [0, 0.05) is 36.0 Å². The molecule has 0 aliphatic rings. The second-order valence-electron chi connectivity index (χ2n) is 5.51. The minimum atomic E-state index is -0.390. The predicted octanol–water partition coefficient (Wildman–Crippen LogP) is 2.75. The van der Waals surface area contributed by atoms with Crippen LogP contribution in [0.15, 0.2) is 24.5 Å². The zero-order valence-electron chi connectivity index (χ0n) is 14.6. The highest BCUT2D eigenvalue weighted by molar-refractivity contribution is 7.15. The van der Waals surface area contributed by atoms with Crippen molar-refractivity contribution in [1.29, 1.82) is 0 Å².